The van der Waals surface area contributed by atoms with E-state index in [9.17, 15) is 14.9 Å². The molecule has 1 fully saturated rings. The lowest BCUT2D eigenvalue weighted by molar-refractivity contribution is -0.151. The van der Waals surface area contributed by atoms with Crippen LogP contribution in [-0.4, -0.2) is 56.4 Å². The number of esters is 1. The van der Waals surface area contributed by atoms with Crippen molar-refractivity contribution >= 4 is 31.2 Å². The monoisotopic (exact) mass is 564 g/mol. The number of carbonyl (C=O) groups is 2. The lowest BCUT2D eigenvalue weighted by Crippen LogP contribution is -2.42. The molecule has 9 nitrogen and oxygen atoms in total. The minimum atomic E-state index is -1.26. The largest absolute Gasteiger partial charge is 0.468 e. The molecular formula is C30H40N4O5Si. The lowest BCUT2D eigenvalue weighted by atomic mass is 9.73. The van der Waals surface area contributed by atoms with E-state index in [1.807, 2.05) is 24.3 Å². The molecule has 1 aromatic heterocycles. The van der Waals surface area contributed by atoms with E-state index in [2.05, 4.69) is 36.0 Å². The maximum Gasteiger partial charge on any atom is 0.316 e. The fourth-order valence-electron chi connectivity index (χ4n) is 5.29. The molecule has 1 N–H and O–H groups in total. The molecule has 1 amide bonds. The summed E-state index contributed by atoms with van der Waals surface area (Å²) in [5.74, 6) is -0.571. The van der Waals surface area contributed by atoms with Gasteiger partial charge in [-0.05, 0) is 67.8 Å². The van der Waals surface area contributed by atoms with Crippen molar-refractivity contribution in [2.75, 3.05) is 32.2 Å². The predicted octanol–water partition coefficient (Wildman–Crippen LogP) is 5.50. The van der Waals surface area contributed by atoms with Crippen LogP contribution < -0.4 is 5.32 Å². The van der Waals surface area contributed by atoms with Crippen LogP contribution in [0.3, 0.4) is 0 Å². The Kier molecular flexibility index (Phi) is 9.61. The molecule has 4 rings (SSSR count). The first-order chi connectivity index (χ1) is 19.2. The summed E-state index contributed by atoms with van der Waals surface area (Å²) in [4.78, 5) is 30.8. The maximum absolute atomic E-state index is 13.5. The molecule has 0 atom stereocenters. The molecule has 2 heterocycles. The van der Waals surface area contributed by atoms with Gasteiger partial charge in [-0.1, -0.05) is 31.8 Å². The Labute approximate surface area is 237 Å². The van der Waals surface area contributed by atoms with Crippen molar-refractivity contribution in [1.82, 2.24) is 9.55 Å². The van der Waals surface area contributed by atoms with Crippen molar-refractivity contribution in [3.8, 4) is 6.07 Å². The van der Waals surface area contributed by atoms with Gasteiger partial charge in [-0.3, -0.25) is 9.59 Å². The van der Waals surface area contributed by atoms with Crippen molar-refractivity contribution in [3.63, 3.8) is 0 Å². The molecule has 2 aromatic rings. The van der Waals surface area contributed by atoms with Crippen LogP contribution in [-0.2, 0) is 31.2 Å². The molecule has 1 saturated heterocycles. The zero-order valence-corrected chi connectivity index (χ0v) is 25.0. The molecule has 2 aliphatic rings. The Morgan fingerprint density at radius 3 is 2.65 bits per heavy atom. The SMILES string of the molecule is COC(=O)C1(c2ccc(NC(=O)c3nc(C#N)cn3COCC[Si](C)(C)C)c(C3=CCCCC3)c2)CCOCC1. The Balaban J connectivity index is 1.64. The number of nitrogens with zero attached hydrogens (tertiary/aromatic N) is 3. The van der Waals surface area contributed by atoms with Crippen molar-refractivity contribution in [2.45, 2.75) is 76.4 Å². The van der Waals surface area contributed by atoms with Gasteiger partial charge in [0.05, 0.1) is 12.5 Å². The van der Waals surface area contributed by atoms with Gasteiger partial charge in [0, 0.05) is 45.3 Å². The number of ether oxygens (including phenoxy) is 3. The highest BCUT2D eigenvalue weighted by molar-refractivity contribution is 6.76. The van der Waals surface area contributed by atoms with E-state index in [-0.39, 0.29) is 24.2 Å². The van der Waals surface area contributed by atoms with Crippen LogP contribution in [0.15, 0.2) is 30.5 Å². The third kappa shape index (κ3) is 6.89. The second kappa shape index (κ2) is 12.9. The van der Waals surface area contributed by atoms with E-state index in [4.69, 9.17) is 14.2 Å². The third-order valence-corrected chi connectivity index (χ3v) is 9.40. The number of hydrogen-bond donors (Lipinski definition) is 1. The number of aromatic nitrogens is 2. The van der Waals surface area contributed by atoms with Gasteiger partial charge < -0.3 is 24.1 Å². The first-order valence-corrected chi connectivity index (χ1v) is 17.7. The van der Waals surface area contributed by atoms with Gasteiger partial charge in [0.2, 0.25) is 5.82 Å². The highest BCUT2D eigenvalue weighted by Crippen LogP contribution is 2.40. The van der Waals surface area contributed by atoms with Crippen molar-refractivity contribution < 1.29 is 23.8 Å². The minimum Gasteiger partial charge on any atom is -0.468 e. The van der Waals surface area contributed by atoms with Crippen LogP contribution in [0.1, 0.15) is 66.0 Å². The first kappa shape index (κ1) is 29.7. The summed E-state index contributed by atoms with van der Waals surface area (Å²) >= 11 is 0. The molecule has 1 aliphatic carbocycles. The summed E-state index contributed by atoms with van der Waals surface area (Å²) in [7, 11) is 0.160. The summed E-state index contributed by atoms with van der Waals surface area (Å²) in [5, 5.41) is 12.5. The summed E-state index contributed by atoms with van der Waals surface area (Å²) in [6, 6.07) is 8.81. The summed E-state index contributed by atoms with van der Waals surface area (Å²) in [6.07, 6.45) is 8.87. The molecular weight excluding hydrogens is 524 g/mol. The fraction of sp³-hybridized carbons (Fsp3) is 0.533. The standard InChI is InChI=1S/C30H40N4O5Si/c1-37-29(36)30(12-14-38-15-13-30)23-10-11-26(25(18-23)22-8-6-5-7-9-22)33-28(35)27-32-24(19-31)20-34(27)21-39-16-17-40(2,3)4/h8,10-11,18,20H,5-7,9,12-17,21H2,1-4H3,(H,33,35). The Morgan fingerprint density at radius 1 is 1.23 bits per heavy atom. The van der Waals surface area contributed by atoms with Gasteiger partial charge in [0.1, 0.15) is 12.8 Å². The van der Waals surface area contributed by atoms with Crippen LogP contribution in [0, 0.1) is 11.3 Å². The topological polar surface area (TPSA) is 115 Å². The number of hydrogen-bond acceptors (Lipinski definition) is 7. The molecule has 40 heavy (non-hydrogen) atoms. The molecule has 1 aromatic carbocycles. The van der Waals surface area contributed by atoms with Gasteiger partial charge in [0.15, 0.2) is 5.69 Å². The third-order valence-electron chi connectivity index (χ3n) is 7.70. The number of nitrogens with one attached hydrogen (secondary N) is 1. The summed E-state index contributed by atoms with van der Waals surface area (Å²) in [6.45, 7) is 8.52. The van der Waals surface area contributed by atoms with Gasteiger partial charge >= 0.3 is 5.97 Å². The van der Waals surface area contributed by atoms with Crippen molar-refractivity contribution in [2.24, 2.45) is 0 Å². The lowest BCUT2D eigenvalue weighted by Gasteiger charge is -2.35. The summed E-state index contributed by atoms with van der Waals surface area (Å²) < 4.78 is 18.2. The number of rotatable bonds is 10. The number of imidazole rings is 1. The highest BCUT2D eigenvalue weighted by Gasteiger charge is 2.43. The van der Waals surface area contributed by atoms with Gasteiger partial charge in [0.25, 0.3) is 5.91 Å². The number of methoxy groups -OCH3 is 1. The molecule has 0 bridgehead atoms. The van der Waals surface area contributed by atoms with E-state index in [1.165, 1.54) is 7.11 Å². The fourth-order valence-corrected chi connectivity index (χ4v) is 6.05. The maximum atomic E-state index is 13.5. The van der Waals surface area contributed by atoms with Crippen LogP contribution in [0.25, 0.3) is 5.57 Å². The number of carbonyl (C=O) groups excluding carboxylic acids is 2. The van der Waals surface area contributed by atoms with E-state index in [1.54, 1.807) is 10.8 Å². The van der Waals surface area contributed by atoms with E-state index in [0.29, 0.717) is 38.3 Å². The minimum absolute atomic E-state index is 0.118. The Hall–Kier alpha value is -3.26. The van der Waals surface area contributed by atoms with Gasteiger partial charge in [-0.15, -0.1) is 0 Å². The highest BCUT2D eigenvalue weighted by atomic mass is 28.3. The zero-order valence-electron chi connectivity index (χ0n) is 24.0. The molecule has 0 saturated carbocycles. The first-order valence-electron chi connectivity index (χ1n) is 14.0. The molecule has 10 heteroatoms. The Bertz CT molecular complexity index is 1300. The van der Waals surface area contributed by atoms with Crippen LogP contribution in [0.4, 0.5) is 5.69 Å². The molecule has 214 valence electrons. The van der Waals surface area contributed by atoms with E-state index >= 15 is 0 Å². The molecule has 0 radical (unpaired) electrons. The quantitative estimate of drug-likeness (QED) is 0.230. The summed E-state index contributed by atoms with van der Waals surface area (Å²) in [5.41, 5.74) is 2.92. The van der Waals surface area contributed by atoms with Crippen LogP contribution in [0.5, 0.6) is 0 Å². The van der Waals surface area contributed by atoms with E-state index in [0.717, 1.165) is 48.4 Å². The number of allylic oxidation sites excluding steroid dienone is 2. The Morgan fingerprint density at radius 2 is 2.00 bits per heavy atom. The number of benzene rings is 1. The number of amides is 1. The number of nitriles is 1. The van der Waals surface area contributed by atoms with Gasteiger partial charge in [-0.2, -0.15) is 5.26 Å². The van der Waals surface area contributed by atoms with Crippen molar-refractivity contribution in [3.05, 3.63) is 53.1 Å². The van der Waals surface area contributed by atoms with E-state index < -0.39 is 19.4 Å². The van der Waals surface area contributed by atoms with Crippen LogP contribution >= 0.6 is 0 Å². The molecule has 0 unspecified atom stereocenters. The van der Waals surface area contributed by atoms with Crippen molar-refractivity contribution in [1.29, 1.82) is 5.26 Å². The second-order valence-corrected chi connectivity index (χ2v) is 17.4. The molecule has 1 aliphatic heterocycles. The van der Waals surface area contributed by atoms with Gasteiger partial charge in [-0.25, -0.2) is 4.98 Å². The van der Waals surface area contributed by atoms with Crippen LogP contribution in [0.2, 0.25) is 25.7 Å². The second-order valence-electron chi connectivity index (χ2n) is 11.8. The smallest absolute Gasteiger partial charge is 0.316 e. The average molecular weight is 565 g/mol. The average Bonchev–Trinajstić information content (AvgIpc) is 3.39. The number of anilines is 1. The zero-order chi connectivity index (χ0) is 28.8. The predicted molar refractivity (Wildman–Crippen MR) is 156 cm³/mol. The molecule has 0 spiro atoms. The normalized spacial score (nSPS) is 17.0.